The largest absolute Gasteiger partial charge is 0.356 e. The Balaban J connectivity index is 1.55. The van der Waals surface area contributed by atoms with Gasteiger partial charge in [0.2, 0.25) is 5.91 Å². The lowest BCUT2D eigenvalue weighted by Crippen LogP contribution is -2.45. The van der Waals surface area contributed by atoms with E-state index < -0.39 is 9.84 Å². The van der Waals surface area contributed by atoms with E-state index in [1.165, 1.54) is 12.5 Å². The highest BCUT2D eigenvalue weighted by molar-refractivity contribution is 7.90. The summed E-state index contributed by atoms with van der Waals surface area (Å²) in [6, 6.07) is 3.60. The number of nitrogens with zero attached hydrogens (tertiary/aromatic N) is 2. The molecule has 1 aliphatic carbocycles. The van der Waals surface area contributed by atoms with Crippen LogP contribution in [0.2, 0.25) is 0 Å². The molecule has 0 aromatic carbocycles. The lowest BCUT2D eigenvalue weighted by atomic mass is 10.0. The third-order valence-corrected chi connectivity index (χ3v) is 5.36. The molecule has 2 aliphatic rings. The lowest BCUT2D eigenvalue weighted by molar-refractivity contribution is -0.123. The number of aromatic nitrogens is 1. The van der Waals surface area contributed by atoms with Crippen LogP contribution in [0.1, 0.15) is 25.7 Å². The first-order valence-electron chi connectivity index (χ1n) is 7.65. The Bertz CT molecular complexity index is 645. The predicted octanol–water partition coefficient (Wildman–Crippen LogP) is 0.980. The van der Waals surface area contributed by atoms with E-state index in [1.807, 2.05) is 0 Å². The summed E-state index contributed by atoms with van der Waals surface area (Å²) in [6.45, 7) is 1.64. The van der Waals surface area contributed by atoms with Gasteiger partial charge in [0.15, 0.2) is 9.84 Å². The number of nitrogens with one attached hydrogen (secondary N) is 1. The topological polar surface area (TPSA) is 79.4 Å². The van der Waals surface area contributed by atoms with Crippen molar-refractivity contribution >= 4 is 21.6 Å². The lowest BCUT2D eigenvalue weighted by Gasteiger charge is -2.33. The van der Waals surface area contributed by atoms with Gasteiger partial charge in [-0.3, -0.25) is 4.79 Å². The van der Waals surface area contributed by atoms with Crippen LogP contribution in [0.5, 0.6) is 0 Å². The minimum absolute atomic E-state index is 0.203. The summed E-state index contributed by atoms with van der Waals surface area (Å²) in [7, 11) is -3.20. The van der Waals surface area contributed by atoms with Crippen molar-refractivity contribution in [3.63, 3.8) is 0 Å². The number of hydrogen-bond donors (Lipinski definition) is 1. The molecule has 1 aromatic rings. The summed E-state index contributed by atoms with van der Waals surface area (Å²) in [6.07, 6.45) is 6.44. The molecule has 1 amide bonds. The molecule has 1 aromatic heterocycles. The van der Waals surface area contributed by atoms with Crippen molar-refractivity contribution in [2.75, 3.05) is 24.2 Å². The van der Waals surface area contributed by atoms with Crippen molar-refractivity contribution in [3.8, 4) is 0 Å². The number of amides is 1. The molecule has 0 atom stereocenters. The molecule has 2 heterocycles. The maximum Gasteiger partial charge on any atom is 0.223 e. The molecule has 6 nitrogen and oxygen atoms in total. The monoisotopic (exact) mass is 323 g/mol. The third-order valence-electron chi connectivity index (χ3n) is 4.26. The highest BCUT2D eigenvalue weighted by Gasteiger charge is 2.31. The number of pyridine rings is 1. The smallest absolute Gasteiger partial charge is 0.223 e. The van der Waals surface area contributed by atoms with Crippen LogP contribution in [-0.4, -0.2) is 44.7 Å². The van der Waals surface area contributed by atoms with E-state index in [0.717, 1.165) is 44.6 Å². The van der Waals surface area contributed by atoms with Gasteiger partial charge in [0, 0.05) is 37.5 Å². The molecular weight excluding hydrogens is 302 g/mol. The molecule has 1 saturated carbocycles. The van der Waals surface area contributed by atoms with Crippen LogP contribution < -0.4 is 10.2 Å². The molecule has 1 aliphatic heterocycles. The van der Waals surface area contributed by atoms with E-state index in [-0.39, 0.29) is 22.8 Å². The number of piperidine rings is 1. The Labute approximate surface area is 130 Å². The van der Waals surface area contributed by atoms with Gasteiger partial charge in [-0.2, -0.15) is 0 Å². The van der Waals surface area contributed by atoms with Crippen LogP contribution >= 0.6 is 0 Å². The molecule has 1 N–H and O–H groups in total. The molecule has 0 bridgehead atoms. The summed E-state index contributed by atoms with van der Waals surface area (Å²) in [5, 5.41) is 3.12. The zero-order valence-corrected chi connectivity index (χ0v) is 13.5. The van der Waals surface area contributed by atoms with Crippen molar-refractivity contribution in [2.24, 2.45) is 5.92 Å². The number of hydrogen-bond acceptors (Lipinski definition) is 5. The van der Waals surface area contributed by atoms with Crippen molar-refractivity contribution in [1.29, 1.82) is 0 Å². The van der Waals surface area contributed by atoms with E-state index >= 15 is 0 Å². The molecular formula is C15H21N3O3S. The molecule has 0 unspecified atom stereocenters. The minimum atomic E-state index is -3.20. The quantitative estimate of drug-likeness (QED) is 0.893. The van der Waals surface area contributed by atoms with Gasteiger partial charge < -0.3 is 10.2 Å². The van der Waals surface area contributed by atoms with Gasteiger partial charge in [-0.15, -0.1) is 0 Å². The van der Waals surface area contributed by atoms with Gasteiger partial charge in [-0.1, -0.05) is 0 Å². The fraction of sp³-hybridized carbons (Fsp3) is 0.600. The normalized spacial score (nSPS) is 20.0. The van der Waals surface area contributed by atoms with Gasteiger partial charge in [-0.25, -0.2) is 13.4 Å². The van der Waals surface area contributed by atoms with E-state index in [4.69, 9.17) is 0 Å². The maximum absolute atomic E-state index is 11.8. The Morgan fingerprint density at radius 2 is 1.91 bits per heavy atom. The van der Waals surface area contributed by atoms with E-state index in [1.54, 1.807) is 12.1 Å². The average Bonchev–Trinajstić information content (AvgIpc) is 3.32. The number of carbonyl (C=O) groups excluding carboxylic acids is 1. The SMILES string of the molecule is CS(=O)(=O)c1ccc(N2CCC(NC(=O)C3CC3)CC2)nc1. The van der Waals surface area contributed by atoms with Crippen LogP contribution in [0, 0.1) is 5.92 Å². The fourth-order valence-electron chi connectivity index (χ4n) is 2.70. The molecule has 0 spiro atoms. The predicted molar refractivity (Wildman–Crippen MR) is 83.4 cm³/mol. The molecule has 1 saturated heterocycles. The van der Waals surface area contributed by atoms with Gasteiger partial charge in [0.1, 0.15) is 5.82 Å². The molecule has 7 heteroatoms. The summed E-state index contributed by atoms with van der Waals surface area (Å²) < 4.78 is 22.9. The third kappa shape index (κ3) is 3.58. The van der Waals surface area contributed by atoms with Crippen molar-refractivity contribution < 1.29 is 13.2 Å². The van der Waals surface area contributed by atoms with E-state index in [9.17, 15) is 13.2 Å². The van der Waals surface area contributed by atoms with Crippen LogP contribution in [0.3, 0.4) is 0 Å². The second kappa shape index (κ2) is 5.87. The molecule has 120 valence electrons. The summed E-state index contributed by atoms with van der Waals surface area (Å²) in [4.78, 5) is 18.4. The Morgan fingerprint density at radius 3 is 2.41 bits per heavy atom. The van der Waals surface area contributed by atoms with Crippen LogP contribution in [0.25, 0.3) is 0 Å². The minimum Gasteiger partial charge on any atom is -0.356 e. The Kier molecular flexibility index (Phi) is 4.08. The van der Waals surface area contributed by atoms with Gasteiger partial charge in [-0.05, 0) is 37.8 Å². The van der Waals surface area contributed by atoms with Gasteiger partial charge >= 0.3 is 0 Å². The zero-order chi connectivity index (χ0) is 15.7. The number of rotatable bonds is 4. The van der Waals surface area contributed by atoms with Crippen LogP contribution in [0.4, 0.5) is 5.82 Å². The maximum atomic E-state index is 11.8. The van der Waals surface area contributed by atoms with Gasteiger partial charge in [0.25, 0.3) is 0 Å². The number of anilines is 1. The van der Waals surface area contributed by atoms with E-state index in [0.29, 0.717) is 0 Å². The average molecular weight is 323 g/mol. The first-order chi connectivity index (χ1) is 10.4. The summed E-state index contributed by atoms with van der Waals surface area (Å²) in [5.74, 6) is 1.25. The van der Waals surface area contributed by atoms with Crippen molar-refractivity contribution in [2.45, 2.75) is 36.6 Å². The second-order valence-electron chi connectivity index (χ2n) is 6.17. The van der Waals surface area contributed by atoms with Crippen molar-refractivity contribution in [3.05, 3.63) is 18.3 Å². The molecule has 3 rings (SSSR count). The summed E-state index contributed by atoms with van der Waals surface area (Å²) in [5.41, 5.74) is 0. The molecule has 2 fully saturated rings. The van der Waals surface area contributed by atoms with E-state index in [2.05, 4.69) is 15.2 Å². The zero-order valence-electron chi connectivity index (χ0n) is 12.7. The highest BCUT2D eigenvalue weighted by Crippen LogP contribution is 2.29. The Morgan fingerprint density at radius 1 is 1.23 bits per heavy atom. The van der Waals surface area contributed by atoms with Gasteiger partial charge in [0.05, 0.1) is 4.90 Å². The van der Waals surface area contributed by atoms with Crippen LogP contribution in [0.15, 0.2) is 23.2 Å². The van der Waals surface area contributed by atoms with Crippen LogP contribution in [-0.2, 0) is 14.6 Å². The highest BCUT2D eigenvalue weighted by atomic mass is 32.2. The first kappa shape index (κ1) is 15.3. The fourth-order valence-corrected chi connectivity index (χ4v) is 3.26. The number of sulfone groups is 1. The second-order valence-corrected chi connectivity index (χ2v) is 8.18. The molecule has 22 heavy (non-hydrogen) atoms. The summed E-state index contributed by atoms with van der Waals surface area (Å²) >= 11 is 0. The standard InChI is InChI=1S/C15H21N3O3S/c1-22(20,21)13-4-5-14(16-10-13)18-8-6-12(7-9-18)17-15(19)11-2-3-11/h4-5,10-12H,2-3,6-9H2,1H3,(H,17,19). The van der Waals surface area contributed by atoms with Crippen molar-refractivity contribution in [1.82, 2.24) is 10.3 Å². The molecule has 0 radical (unpaired) electrons. The number of carbonyl (C=O) groups is 1. The first-order valence-corrected chi connectivity index (χ1v) is 9.54. The Hall–Kier alpha value is -1.63.